The summed E-state index contributed by atoms with van der Waals surface area (Å²) >= 11 is 0. The van der Waals surface area contributed by atoms with Crippen molar-refractivity contribution in [1.82, 2.24) is 25.3 Å². The largest absolute Gasteiger partial charge is 0.353 e. The molecule has 1 N–H and O–H groups in total. The summed E-state index contributed by atoms with van der Waals surface area (Å²) in [6.45, 7) is 5.07. The highest BCUT2D eigenvalue weighted by Crippen LogP contribution is 2.25. The zero-order chi connectivity index (χ0) is 15.5. The predicted molar refractivity (Wildman–Crippen MR) is 77.0 cm³/mol. The van der Waals surface area contributed by atoms with Gasteiger partial charge < -0.3 is 14.7 Å². The van der Waals surface area contributed by atoms with Crippen molar-refractivity contribution in [1.29, 1.82) is 0 Å². The maximum Gasteiger partial charge on any atom is 0.239 e. The number of aromatic nitrogens is 2. The van der Waals surface area contributed by atoms with Gasteiger partial charge in [0, 0.05) is 19.6 Å². The number of hydrogen-bond donors (Lipinski definition) is 1. The molecule has 0 bridgehead atoms. The molecule has 22 heavy (non-hydrogen) atoms. The number of piperidine rings is 1. The van der Waals surface area contributed by atoms with E-state index in [-0.39, 0.29) is 24.3 Å². The number of nitrogens with zero attached hydrogens (tertiary/aromatic N) is 4. The molecule has 2 amide bonds. The van der Waals surface area contributed by atoms with Crippen molar-refractivity contribution in [3.8, 4) is 0 Å². The van der Waals surface area contributed by atoms with Crippen molar-refractivity contribution in [3.05, 3.63) is 11.7 Å². The molecule has 0 aliphatic carbocycles. The van der Waals surface area contributed by atoms with Gasteiger partial charge in [-0.1, -0.05) is 5.16 Å². The van der Waals surface area contributed by atoms with Crippen molar-refractivity contribution in [3.63, 3.8) is 0 Å². The van der Waals surface area contributed by atoms with E-state index in [9.17, 15) is 9.59 Å². The van der Waals surface area contributed by atoms with Gasteiger partial charge in [0.2, 0.25) is 17.7 Å². The summed E-state index contributed by atoms with van der Waals surface area (Å²) < 4.78 is 5.25. The summed E-state index contributed by atoms with van der Waals surface area (Å²) in [6, 6.07) is 0. The maximum atomic E-state index is 12.3. The molecule has 0 radical (unpaired) electrons. The fourth-order valence-corrected chi connectivity index (χ4v) is 3.02. The van der Waals surface area contributed by atoms with E-state index < -0.39 is 0 Å². The lowest BCUT2D eigenvalue weighted by atomic mass is 9.98. The summed E-state index contributed by atoms with van der Waals surface area (Å²) in [6.07, 6.45) is 2.00. The van der Waals surface area contributed by atoms with Crippen LogP contribution in [0.4, 0.5) is 0 Å². The molecule has 2 aliphatic heterocycles. The van der Waals surface area contributed by atoms with Crippen molar-refractivity contribution in [2.45, 2.75) is 25.7 Å². The van der Waals surface area contributed by atoms with Crippen molar-refractivity contribution in [2.75, 3.05) is 39.3 Å². The quantitative estimate of drug-likeness (QED) is 0.810. The predicted octanol–water partition coefficient (Wildman–Crippen LogP) is -0.484. The molecule has 1 aromatic heterocycles. The summed E-state index contributed by atoms with van der Waals surface area (Å²) in [5, 5.41) is 6.56. The van der Waals surface area contributed by atoms with Crippen molar-refractivity contribution in [2.24, 2.45) is 0 Å². The molecule has 0 spiro atoms. The number of likely N-dealkylation sites (tertiary alicyclic amines) is 1. The van der Waals surface area contributed by atoms with Gasteiger partial charge in [0.25, 0.3) is 0 Å². The van der Waals surface area contributed by atoms with Gasteiger partial charge in [-0.15, -0.1) is 0 Å². The first-order valence-electron chi connectivity index (χ1n) is 7.69. The van der Waals surface area contributed by atoms with E-state index in [2.05, 4.69) is 20.4 Å². The van der Waals surface area contributed by atoms with E-state index in [4.69, 9.17) is 4.52 Å². The number of carbonyl (C=O) groups is 2. The van der Waals surface area contributed by atoms with Crippen LogP contribution in [-0.4, -0.2) is 71.0 Å². The normalized spacial score (nSPS) is 23.4. The number of rotatable bonds is 3. The summed E-state index contributed by atoms with van der Waals surface area (Å²) in [5.74, 6) is 1.41. The zero-order valence-electron chi connectivity index (χ0n) is 12.7. The van der Waals surface area contributed by atoms with Gasteiger partial charge in [0.1, 0.15) is 0 Å². The van der Waals surface area contributed by atoms with Gasteiger partial charge in [-0.05, 0) is 26.3 Å². The van der Waals surface area contributed by atoms with Crippen LogP contribution in [0.25, 0.3) is 0 Å². The van der Waals surface area contributed by atoms with Crippen LogP contribution in [-0.2, 0) is 9.59 Å². The molecule has 0 aromatic carbocycles. The molecule has 8 heteroatoms. The molecule has 2 aliphatic rings. The Morgan fingerprint density at radius 1 is 1.45 bits per heavy atom. The SMILES string of the molecule is Cc1noc([C@H]2CCCN(CC(=O)N3CCNC(=O)C3)C2)n1. The highest BCUT2D eigenvalue weighted by molar-refractivity contribution is 5.86. The van der Waals surface area contributed by atoms with E-state index >= 15 is 0 Å². The lowest BCUT2D eigenvalue weighted by molar-refractivity contribution is -0.139. The molecule has 120 valence electrons. The molecule has 2 fully saturated rings. The molecule has 3 rings (SSSR count). The summed E-state index contributed by atoms with van der Waals surface area (Å²) in [7, 11) is 0. The molecular weight excluding hydrogens is 286 g/mol. The number of aryl methyl sites for hydroxylation is 1. The third-order valence-corrected chi connectivity index (χ3v) is 4.15. The molecule has 3 heterocycles. The topological polar surface area (TPSA) is 91.6 Å². The van der Waals surface area contributed by atoms with Crippen LogP contribution in [0.15, 0.2) is 4.52 Å². The van der Waals surface area contributed by atoms with Crippen molar-refractivity contribution >= 4 is 11.8 Å². The van der Waals surface area contributed by atoms with Crippen LogP contribution in [0.2, 0.25) is 0 Å². The highest BCUT2D eigenvalue weighted by Gasteiger charge is 2.28. The first kappa shape index (κ1) is 15.0. The standard InChI is InChI=1S/C14H21N5O3/c1-10-16-14(22-17-10)11-3-2-5-18(7-11)9-13(21)19-6-4-15-12(20)8-19/h11H,2-9H2,1H3,(H,15,20)/t11-/m0/s1. The smallest absolute Gasteiger partial charge is 0.239 e. The minimum atomic E-state index is -0.0857. The van der Waals surface area contributed by atoms with Gasteiger partial charge in [-0.3, -0.25) is 14.5 Å². The van der Waals surface area contributed by atoms with Crippen LogP contribution < -0.4 is 5.32 Å². The number of nitrogens with one attached hydrogen (secondary N) is 1. The Balaban J connectivity index is 1.56. The highest BCUT2D eigenvalue weighted by atomic mass is 16.5. The van der Waals surface area contributed by atoms with Gasteiger partial charge >= 0.3 is 0 Å². The number of hydrogen-bond acceptors (Lipinski definition) is 6. The average molecular weight is 307 g/mol. The monoisotopic (exact) mass is 307 g/mol. The Kier molecular flexibility index (Phi) is 4.37. The van der Waals surface area contributed by atoms with Crippen molar-refractivity contribution < 1.29 is 14.1 Å². The van der Waals surface area contributed by atoms with E-state index in [1.54, 1.807) is 11.8 Å². The maximum absolute atomic E-state index is 12.3. The summed E-state index contributed by atoms with van der Waals surface area (Å²) in [5.41, 5.74) is 0. The van der Waals surface area contributed by atoms with E-state index in [0.29, 0.717) is 31.3 Å². The van der Waals surface area contributed by atoms with E-state index in [0.717, 1.165) is 25.9 Å². The van der Waals surface area contributed by atoms with Gasteiger partial charge in [0.05, 0.1) is 19.0 Å². The van der Waals surface area contributed by atoms with Crippen LogP contribution in [0.3, 0.4) is 0 Å². The fraction of sp³-hybridized carbons (Fsp3) is 0.714. The molecule has 2 saturated heterocycles. The third-order valence-electron chi connectivity index (χ3n) is 4.15. The van der Waals surface area contributed by atoms with Crippen LogP contribution in [0.5, 0.6) is 0 Å². The van der Waals surface area contributed by atoms with Crippen LogP contribution >= 0.6 is 0 Å². The van der Waals surface area contributed by atoms with Gasteiger partial charge in [-0.2, -0.15) is 4.98 Å². The Hall–Kier alpha value is -1.96. The number of carbonyl (C=O) groups excluding carboxylic acids is 2. The lowest BCUT2D eigenvalue weighted by Crippen LogP contribution is -2.53. The Morgan fingerprint density at radius 3 is 3.05 bits per heavy atom. The minimum absolute atomic E-state index is 0.0113. The van der Waals surface area contributed by atoms with Gasteiger partial charge in [-0.25, -0.2) is 0 Å². The van der Waals surface area contributed by atoms with E-state index in [1.807, 2.05) is 0 Å². The first-order valence-corrected chi connectivity index (χ1v) is 7.69. The first-order chi connectivity index (χ1) is 10.6. The second kappa shape index (κ2) is 6.43. The minimum Gasteiger partial charge on any atom is -0.353 e. The Morgan fingerprint density at radius 2 is 2.32 bits per heavy atom. The Labute approximate surface area is 128 Å². The summed E-state index contributed by atoms with van der Waals surface area (Å²) in [4.78, 5) is 31.7. The molecular formula is C14H21N5O3. The number of piperazine rings is 1. The average Bonchev–Trinajstić information content (AvgIpc) is 2.94. The van der Waals surface area contributed by atoms with Crippen LogP contribution in [0, 0.1) is 6.92 Å². The molecule has 1 atom stereocenters. The molecule has 1 aromatic rings. The van der Waals surface area contributed by atoms with E-state index in [1.165, 1.54) is 0 Å². The second-order valence-electron chi connectivity index (χ2n) is 5.92. The second-order valence-corrected chi connectivity index (χ2v) is 5.92. The Bertz CT molecular complexity index is 558. The third kappa shape index (κ3) is 3.44. The zero-order valence-corrected chi connectivity index (χ0v) is 12.7. The van der Waals surface area contributed by atoms with Gasteiger partial charge in [0.15, 0.2) is 5.82 Å². The lowest BCUT2D eigenvalue weighted by Gasteiger charge is -2.33. The molecule has 8 nitrogen and oxygen atoms in total. The van der Waals surface area contributed by atoms with Crippen LogP contribution in [0.1, 0.15) is 30.5 Å². The molecule has 0 saturated carbocycles. The molecule has 0 unspecified atom stereocenters. The fourth-order valence-electron chi connectivity index (χ4n) is 3.02. The number of amides is 2.